The smallest absolute Gasteiger partial charge is 0.0508 e. The third-order valence-corrected chi connectivity index (χ3v) is 3.62. The van der Waals surface area contributed by atoms with E-state index in [0.717, 1.165) is 12.0 Å². The molecule has 87 valence electrons. The number of allylic oxidation sites excluding steroid dienone is 1. The first-order valence-corrected chi connectivity index (χ1v) is 6.37. The molecule has 0 amide bonds. The van der Waals surface area contributed by atoms with Crippen molar-refractivity contribution in [2.45, 2.75) is 19.3 Å². The lowest BCUT2D eigenvalue weighted by molar-refractivity contribution is 0.964. The lowest BCUT2D eigenvalue weighted by Gasteiger charge is -2.26. The van der Waals surface area contributed by atoms with Crippen molar-refractivity contribution in [1.82, 2.24) is 0 Å². The Bertz CT molecular complexity index is 593. The van der Waals surface area contributed by atoms with Crippen molar-refractivity contribution in [3.8, 4) is 0 Å². The van der Waals surface area contributed by atoms with Gasteiger partial charge in [-0.15, -0.1) is 0 Å². The summed E-state index contributed by atoms with van der Waals surface area (Å²) in [6.45, 7) is 8.02. The highest BCUT2D eigenvalue weighted by Crippen LogP contribution is 2.38. The molecule has 1 unspecified atom stereocenters. The predicted molar refractivity (Wildman–Crippen MR) is 74.4 cm³/mol. The summed E-state index contributed by atoms with van der Waals surface area (Å²) in [6, 6.07) is 14.9. The first-order valence-electron chi connectivity index (χ1n) is 6.37. The summed E-state index contributed by atoms with van der Waals surface area (Å²) in [4.78, 5) is 0. The molecule has 0 saturated heterocycles. The molecule has 0 aromatic heterocycles. The van der Waals surface area contributed by atoms with Gasteiger partial charge in [-0.1, -0.05) is 62.0 Å². The van der Waals surface area contributed by atoms with Crippen LogP contribution >= 0.6 is 0 Å². The van der Waals surface area contributed by atoms with Crippen LogP contribution in [-0.2, 0) is 6.42 Å². The Morgan fingerprint density at radius 3 is 2.67 bits per heavy atom. The highest BCUT2D eigenvalue weighted by atomic mass is 14.3. The Labute approximate surface area is 109 Å². The minimum Gasteiger partial charge on any atom is -0.0726 e. The number of aryl methyl sites for hydroxylation is 1. The normalized spacial score (nSPS) is 16.8. The van der Waals surface area contributed by atoms with Crippen LogP contribution in [0.2, 0.25) is 0 Å². The van der Waals surface area contributed by atoms with E-state index < -0.39 is 0 Å². The van der Waals surface area contributed by atoms with E-state index in [1.54, 1.807) is 6.08 Å². The van der Waals surface area contributed by atoms with Gasteiger partial charge in [-0.25, -0.2) is 0 Å². The van der Waals surface area contributed by atoms with Gasteiger partial charge in [0.15, 0.2) is 0 Å². The van der Waals surface area contributed by atoms with Crippen LogP contribution in [-0.4, -0.2) is 0 Å². The zero-order valence-electron chi connectivity index (χ0n) is 10.5. The molecule has 0 spiro atoms. The Morgan fingerprint density at radius 1 is 1.11 bits per heavy atom. The minimum atomic E-state index is 0.184. The van der Waals surface area contributed by atoms with E-state index in [9.17, 15) is 0 Å². The molecule has 1 aliphatic carbocycles. The fourth-order valence-corrected chi connectivity index (χ4v) is 2.60. The molecule has 1 aliphatic rings. The lowest BCUT2D eigenvalue weighted by Crippen LogP contribution is -2.11. The Hall–Kier alpha value is -1.82. The second-order valence-corrected chi connectivity index (χ2v) is 4.66. The minimum absolute atomic E-state index is 0.184. The zero-order chi connectivity index (χ0) is 12.5. The van der Waals surface area contributed by atoms with Crippen molar-refractivity contribution >= 4 is 0 Å². The lowest BCUT2D eigenvalue weighted by atomic mass is 9.77. The highest BCUT2D eigenvalue weighted by Gasteiger charge is 2.23. The maximum atomic E-state index is 5.85. The molecular formula is C18H15. The van der Waals surface area contributed by atoms with Crippen molar-refractivity contribution < 1.29 is 0 Å². The Balaban J connectivity index is 2.16. The van der Waals surface area contributed by atoms with Gasteiger partial charge < -0.3 is 0 Å². The van der Waals surface area contributed by atoms with Crippen LogP contribution in [0, 0.1) is 13.0 Å². The first-order chi connectivity index (χ1) is 8.83. The molecule has 0 nitrogen and oxygen atoms in total. The average Bonchev–Trinajstić information content (AvgIpc) is 2.44. The van der Waals surface area contributed by atoms with E-state index in [-0.39, 0.29) is 5.92 Å². The van der Waals surface area contributed by atoms with Crippen LogP contribution in [0.3, 0.4) is 0 Å². The maximum Gasteiger partial charge on any atom is 0.0508 e. The van der Waals surface area contributed by atoms with Crippen molar-refractivity contribution in [2.24, 2.45) is 0 Å². The van der Waals surface area contributed by atoms with Crippen LogP contribution < -0.4 is 0 Å². The van der Waals surface area contributed by atoms with Gasteiger partial charge in [0.1, 0.15) is 0 Å². The number of rotatable bonds is 2. The molecule has 18 heavy (non-hydrogen) atoms. The van der Waals surface area contributed by atoms with Gasteiger partial charge in [0.25, 0.3) is 0 Å². The second-order valence-electron chi connectivity index (χ2n) is 4.66. The summed E-state index contributed by atoms with van der Waals surface area (Å²) >= 11 is 0. The summed E-state index contributed by atoms with van der Waals surface area (Å²) in [5.41, 5.74) is 6.19. The molecule has 0 N–H and O–H groups in total. The maximum absolute atomic E-state index is 5.85. The predicted octanol–water partition coefficient (Wildman–Crippen LogP) is 4.16. The summed E-state index contributed by atoms with van der Waals surface area (Å²) in [5.74, 6) is 0.184. The van der Waals surface area contributed by atoms with Gasteiger partial charge >= 0.3 is 0 Å². The summed E-state index contributed by atoms with van der Waals surface area (Å²) in [5, 5.41) is 0. The number of fused-ring (bicyclic) bond motifs is 2. The SMILES string of the molecule is [CH]=CC1c2ccccc2[C]c2cc(CC)ccc21. The molecule has 1 atom stereocenters. The van der Waals surface area contributed by atoms with Gasteiger partial charge in [-0.3, -0.25) is 0 Å². The summed E-state index contributed by atoms with van der Waals surface area (Å²) in [6.07, 6.45) is 6.34. The third-order valence-electron chi connectivity index (χ3n) is 3.62. The van der Waals surface area contributed by atoms with Gasteiger partial charge in [-0.05, 0) is 34.2 Å². The van der Waals surface area contributed by atoms with Crippen molar-refractivity contribution in [1.29, 1.82) is 0 Å². The van der Waals surface area contributed by atoms with Gasteiger partial charge in [0, 0.05) is 5.92 Å². The van der Waals surface area contributed by atoms with Gasteiger partial charge in [0.2, 0.25) is 0 Å². The molecular weight excluding hydrogens is 216 g/mol. The van der Waals surface area contributed by atoms with E-state index >= 15 is 0 Å². The average molecular weight is 231 g/mol. The molecule has 3 rings (SSSR count). The van der Waals surface area contributed by atoms with E-state index in [1.807, 2.05) is 6.07 Å². The molecule has 2 aromatic rings. The number of benzene rings is 2. The van der Waals surface area contributed by atoms with E-state index in [0.29, 0.717) is 0 Å². The quantitative estimate of drug-likeness (QED) is 0.728. The fraction of sp³-hybridized carbons (Fsp3) is 0.167. The van der Waals surface area contributed by atoms with Crippen molar-refractivity contribution in [2.75, 3.05) is 0 Å². The van der Waals surface area contributed by atoms with Crippen molar-refractivity contribution in [3.05, 3.63) is 89.4 Å². The standard InChI is InChI=1S/C18H15/c1-3-13-9-10-18-15(11-13)12-14-7-5-6-8-17(14)16(18)4-2/h2,4-11,16H,3H2,1H3. The fourth-order valence-electron chi connectivity index (χ4n) is 2.60. The van der Waals surface area contributed by atoms with Crippen LogP contribution in [0.25, 0.3) is 0 Å². The number of hydrogen-bond donors (Lipinski definition) is 0. The van der Waals surface area contributed by atoms with Crippen LogP contribution in [0.5, 0.6) is 0 Å². The first kappa shape index (κ1) is 11.3. The molecule has 3 radical (unpaired) electrons. The largest absolute Gasteiger partial charge is 0.0726 e. The van der Waals surface area contributed by atoms with Crippen LogP contribution in [0.4, 0.5) is 0 Å². The van der Waals surface area contributed by atoms with Crippen LogP contribution in [0.1, 0.15) is 40.7 Å². The molecule has 0 heterocycles. The monoisotopic (exact) mass is 231 g/mol. The van der Waals surface area contributed by atoms with E-state index in [2.05, 4.69) is 49.7 Å². The zero-order valence-corrected chi connectivity index (χ0v) is 10.5. The topological polar surface area (TPSA) is 0 Å². The van der Waals surface area contributed by atoms with E-state index in [4.69, 9.17) is 6.58 Å². The van der Waals surface area contributed by atoms with Crippen LogP contribution in [0.15, 0.2) is 48.5 Å². The van der Waals surface area contributed by atoms with E-state index in [1.165, 1.54) is 22.3 Å². The van der Waals surface area contributed by atoms with Gasteiger partial charge in [-0.2, -0.15) is 0 Å². The highest BCUT2D eigenvalue weighted by molar-refractivity contribution is 5.58. The molecule has 0 heteroatoms. The Kier molecular flexibility index (Phi) is 2.79. The summed E-state index contributed by atoms with van der Waals surface area (Å²) < 4.78 is 0. The number of hydrogen-bond acceptors (Lipinski definition) is 0. The third kappa shape index (κ3) is 1.69. The van der Waals surface area contributed by atoms with Gasteiger partial charge in [0.05, 0.1) is 6.42 Å². The molecule has 0 aliphatic heterocycles. The van der Waals surface area contributed by atoms with Crippen molar-refractivity contribution in [3.63, 3.8) is 0 Å². The Morgan fingerprint density at radius 2 is 1.89 bits per heavy atom. The molecule has 0 saturated carbocycles. The summed E-state index contributed by atoms with van der Waals surface area (Å²) in [7, 11) is 0. The molecule has 0 bridgehead atoms. The molecule has 2 aromatic carbocycles. The second kappa shape index (κ2) is 4.45. The molecule has 0 fully saturated rings.